The van der Waals surface area contributed by atoms with E-state index in [0.29, 0.717) is 16.3 Å². The van der Waals surface area contributed by atoms with Crippen LogP contribution in [-0.2, 0) is 10.0 Å². The van der Waals surface area contributed by atoms with Crippen molar-refractivity contribution in [3.05, 3.63) is 70.4 Å². The highest BCUT2D eigenvalue weighted by atomic mass is 35.5. The maximum Gasteiger partial charge on any atom is 0.240 e. The molecule has 138 valence electrons. The Morgan fingerprint density at radius 3 is 2.62 bits per heavy atom. The van der Waals surface area contributed by atoms with Gasteiger partial charge in [-0.3, -0.25) is 4.68 Å². The average molecular weight is 394 g/mol. The van der Waals surface area contributed by atoms with Crippen molar-refractivity contribution in [2.45, 2.75) is 31.7 Å². The average Bonchev–Trinajstić information content (AvgIpc) is 3.20. The summed E-state index contributed by atoms with van der Waals surface area (Å²) >= 11 is 6.06. The minimum Gasteiger partial charge on any atom is -0.467 e. The van der Waals surface area contributed by atoms with Crippen LogP contribution in [0.4, 0.5) is 0 Å². The summed E-state index contributed by atoms with van der Waals surface area (Å²) in [6, 6.07) is 9.93. The van der Waals surface area contributed by atoms with E-state index in [-0.39, 0.29) is 11.4 Å². The Kier molecular flexibility index (Phi) is 5.22. The molecule has 8 heteroatoms. The highest BCUT2D eigenvalue weighted by Crippen LogP contribution is 2.24. The van der Waals surface area contributed by atoms with Gasteiger partial charge >= 0.3 is 0 Å². The van der Waals surface area contributed by atoms with Gasteiger partial charge in [-0.2, -0.15) is 5.10 Å². The molecule has 0 aliphatic carbocycles. The third-order valence-electron chi connectivity index (χ3n) is 4.19. The van der Waals surface area contributed by atoms with Crippen molar-refractivity contribution < 1.29 is 12.8 Å². The quantitative estimate of drug-likeness (QED) is 0.693. The van der Waals surface area contributed by atoms with E-state index in [4.69, 9.17) is 16.0 Å². The molecule has 0 saturated carbocycles. The van der Waals surface area contributed by atoms with E-state index >= 15 is 0 Å². The Balaban J connectivity index is 1.91. The van der Waals surface area contributed by atoms with Crippen LogP contribution in [0.15, 0.2) is 52.0 Å². The van der Waals surface area contributed by atoms with Crippen LogP contribution in [0.2, 0.25) is 5.02 Å². The summed E-state index contributed by atoms with van der Waals surface area (Å²) in [4.78, 5) is 0.163. The van der Waals surface area contributed by atoms with Crippen LogP contribution in [0.3, 0.4) is 0 Å². The van der Waals surface area contributed by atoms with Crippen LogP contribution in [-0.4, -0.2) is 24.7 Å². The minimum absolute atomic E-state index is 0.101. The number of aryl methyl sites for hydroxylation is 2. The van der Waals surface area contributed by atoms with Gasteiger partial charge in [-0.1, -0.05) is 17.7 Å². The normalized spacial score (nSPS) is 13.1. The Morgan fingerprint density at radius 2 is 2.00 bits per heavy atom. The predicted octanol–water partition coefficient (Wildman–Crippen LogP) is 3.62. The van der Waals surface area contributed by atoms with Gasteiger partial charge in [-0.05, 0) is 56.7 Å². The zero-order valence-corrected chi connectivity index (χ0v) is 16.3. The van der Waals surface area contributed by atoms with E-state index < -0.39 is 16.1 Å². The fourth-order valence-electron chi connectivity index (χ4n) is 2.90. The van der Waals surface area contributed by atoms with Crippen LogP contribution in [0.1, 0.15) is 28.8 Å². The molecule has 0 fully saturated rings. The third-order valence-corrected chi connectivity index (χ3v) is 6.16. The SMILES string of the molecule is Cc1cc(C)n(C(CNS(=O)(=O)c2cccc(Cl)c2C)c2ccco2)n1. The second-order valence-corrected chi connectivity index (χ2v) is 8.26. The Bertz CT molecular complexity index is 1010. The molecular weight excluding hydrogens is 374 g/mol. The van der Waals surface area contributed by atoms with Gasteiger partial charge in [-0.15, -0.1) is 0 Å². The van der Waals surface area contributed by atoms with Crippen LogP contribution in [0, 0.1) is 20.8 Å². The van der Waals surface area contributed by atoms with Crippen LogP contribution >= 0.6 is 11.6 Å². The number of benzene rings is 1. The molecule has 1 atom stereocenters. The first-order chi connectivity index (χ1) is 12.3. The summed E-state index contributed by atoms with van der Waals surface area (Å²) in [5, 5.41) is 4.88. The fraction of sp³-hybridized carbons (Fsp3) is 0.278. The molecule has 0 saturated heterocycles. The zero-order valence-electron chi connectivity index (χ0n) is 14.7. The molecule has 0 amide bonds. The molecule has 1 unspecified atom stereocenters. The maximum absolute atomic E-state index is 12.8. The van der Waals surface area contributed by atoms with E-state index in [2.05, 4.69) is 9.82 Å². The van der Waals surface area contributed by atoms with Crippen LogP contribution in [0.25, 0.3) is 0 Å². The summed E-state index contributed by atoms with van der Waals surface area (Å²) in [5.41, 5.74) is 2.29. The summed E-state index contributed by atoms with van der Waals surface area (Å²) in [5.74, 6) is 0.627. The molecule has 0 aliphatic rings. The number of hydrogen-bond donors (Lipinski definition) is 1. The molecule has 1 N–H and O–H groups in total. The maximum atomic E-state index is 12.8. The molecule has 2 heterocycles. The van der Waals surface area contributed by atoms with E-state index in [0.717, 1.165) is 11.4 Å². The lowest BCUT2D eigenvalue weighted by Gasteiger charge is -2.18. The number of halogens is 1. The summed E-state index contributed by atoms with van der Waals surface area (Å²) in [6.07, 6.45) is 1.56. The van der Waals surface area contributed by atoms with Gasteiger partial charge in [0, 0.05) is 17.3 Å². The van der Waals surface area contributed by atoms with Crippen molar-refractivity contribution in [1.82, 2.24) is 14.5 Å². The van der Waals surface area contributed by atoms with Crippen molar-refractivity contribution in [3.63, 3.8) is 0 Å². The number of nitrogens with zero attached hydrogens (tertiary/aromatic N) is 2. The third kappa shape index (κ3) is 3.70. The molecule has 0 radical (unpaired) electrons. The number of rotatable bonds is 6. The molecule has 3 rings (SSSR count). The predicted molar refractivity (Wildman–Crippen MR) is 99.9 cm³/mol. The van der Waals surface area contributed by atoms with E-state index in [1.54, 1.807) is 42.1 Å². The molecule has 2 aromatic heterocycles. The van der Waals surface area contributed by atoms with Gasteiger partial charge in [0.05, 0.1) is 16.9 Å². The van der Waals surface area contributed by atoms with Crippen LogP contribution in [0.5, 0.6) is 0 Å². The molecule has 3 aromatic rings. The fourth-order valence-corrected chi connectivity index (χ4v) is 4.43. The topological polar surface area (TPSA) is 77.1 Å². The Hall–Kier alpha value is -2.09. The van der Waals surface area contributed by atoms with Crippen molar-refractivity contribution in [2.75, 3.05) is 6.54 Å². The van der Waals surface area contributed by atoms with Gasteiger partial charge in [0.2, 0.25) is 10.0 Å². The van der Waals surface area contributed by atoms with E-state index in [9.17, 15) is 8.42 Å². The summed E-state index contributed by atoms with van der Waals surface area (Å²) in [7, 11) is -3.73. The molecule has 6 nitrogen and oxygen atoms in total. The van der Waals surface area contributed by atoms with Gasteiger partial charge in [-0.25, -0.2) is 13.1 Å². The first-order valence-electron chi connectivity index (χ1n) is 8.10. The second-order valence-electron chi connectivity index (χ2n) is 6.12. The number of nitrogens with one attached hydrogen (secondary N) is 1. The first kappa shape index (κ1) is 18.7. The van der Waals surface area contributed by atoms with Crippen molar-refractivity contribution in [1.29, 1.82) is 0 Å². The van der Waals surface area contributed by atoms with Crippen molar-refractivity contribution >= 4 is 21.6 Å². The lowest BCUT2D eigenvalue weighted by atomic mass is 10.2. The molecule has 0 aliphatic heterocycles. The van der Waals surface area contributed by atoms with Gasteiger partial charge in [0.15, 0.2) is 0 Å². The molecule has 1 aromatic carbocycles. The van der Waals surface area contributed by atoms with Crippen molar-refractivity contribution in [2.24, 2.45) is 0 Å². The summed E-state index contributed by atoms with van der Waals surface area (Å²) < 4.78 is 35.5. The van der Waals surface area contributed by atoms with Gasteiger partial charge in [0.25, 0.3) is 0 Å². The standard InChI is InChI=1S/C18H20ClN3O3S/c1-12-10-13(2)22(21-12)16(17-7-5-9-25-17)11-20-26(23,24)18-8-4-6-15(19)14(18)3/h4-10,16,20H,11H2,1-3H3. The lowest BCUT2D eigenvalue weighted by molar-refractivity contribution is 0.397. The summed E-state index contributed by atoms with van der Waals surface area (Å²) in [6.45, 7) is 5.60. The monoisotopic (exact) mass is 393 g/mol. The lowest BCUT2D eigenvalue weighted by Crippen LogP contribution is -2.32. The Morgan fingerprint density at radius 1 is 1.23 bits per heavy atom. The van der Waals surface area contributed by atoms with Crippen molar-refractivity contribution in [3.8, 4) is 0 Å². The molecular formula is C18H20ClN3O3S. The Labute approximate surface area is 157 Å². The molecule has 0 bridgehead atoms. The second kappa shape index (κ2) is 7.26. The number of aromatic nitrogens is 2. The first-order valence-corrected chi connectivity index (χ1v) is 9.96. The zero-order chi connectivity index (χ0) is 18.9. The smallest absolute Gasteiger partial charge is 0.240 e. The minimum atomic E-state index is -3.73. The van der Waals surface area contributed by atoms with Gasteiger partial charge < -0.3 is 4.42 Å². The van der Waals surface area contributed by atoms with E-state index in [1.165, 1.54) is 6.07 Å². The van der Waals surface area contributed by atoms with Gasteiger partial charge in [0.1, 0.15) is 11.8 Å². The van der Waals surface area contributed by atoms with E-state index in [1.807, 2.05) is 19.9 Å². The highest BCUT2D eigenvalue weighted by Gasteiger charge is 2.24. The molecule has 0 spiro atoms. The number of hydrogen-bond acceptors (Lipinski definition) is 4. The molecule has 26 heavy (non-hydrogen) atoms. The van der Waals surface area contributed by atoms with Crippen LogP contribution < -0.4 is 4.72 Å². The number of sulfonamides is 1. The highest BCUT2D eigenvalue weighted by molar-refractivity contribution is 7.89. The largest absolute Gasteiger partial charge is 0.467 e. The number of furan rings is 1.